The number of carbonyl (C=O) groups is 1. The van der Waals surface area contributed by atoms with Gasteiger partial charge in [-0.05, 0) is 31.9 Å². The Balaban J connectivity index is 1.65. The molecule has 0 unspecified atom stereocenters. The van der Waals surface area contributed by atoms with Crippen LogP contribution in [-0.2, 0) is 11.2 Å². The van der Waals surface area contributed by atoms with E-state index in [1.165, 1.54) is 11.8 Å². The van der Waals surface area contributed by atoms with E-state index in [1.807, 2.05) is 93.6 Å². The molecule has 1 N–H and O–H groups in total. The number of hydrogen-bond acceptors (Lipinski definition) is 6. The van der Waals surface area contributed by atoms with Gasteiger partial charge in [0, 0.05) is 12.2 Å². The molecule has 0 saturated carbocycles. The summed E-state index contributed by atoms with van der Waals surface area (Å²) >= 11 is 1.44. The van der Waals surface area contributed by atoms with Crippen LogP contribution in [0.4, 0.5) is 4.79 Å². The van der Waals surface area contributed by atoms with Gasteiger partial charge in [-0.25, -0.2) is 4.79 Å². The molecule has 1 aromatic heterocycles. The first-order chi connectivity index (χ1) is 14.9. The summed E-state index contributed by atoms with van der Waals surface area (Å²) < 4.78 is 11.2. The van der Waals surface area contributed by atoms with Crippen molar-refractivity contribution in [3.05, 3.63) is 83.8 Å². The zero-order valence-electron chi connectivity index (χ0n) is 17.9. The number of aromatic nitrogens is 2. The Morgan fingerprint density at radius 3 is 2.45 bits per heavy atom. The predicted octanol–water partition coefficient (Wildman–Crippen LogP) is 5.68. The minimum absolute atomic E-state index is 0.351. The van der Waals surface area contributed by atoms with E-state index in [-0.39, 0.29) is 0 Å². The summed E-state index contributed by atoms with van der Waals surface area (Å²) in [6, 6.07) is 19.4. The lowest BCUT2D eigenvalue weighted by molar-refractivity contribution is 0.0494. The number of nitrogens with zero attached hydrogens (tertiary/aromatic N) is 2. The third-order valence-electron chi connectivity index (χ3n) is 4.11. The van der Waals surface area contributed by atoms with Crippen LogP contribution < -0.4 is 5.32 Å². The first kappa shape index (κ1) is 22.6. The highest BCUT2D eigenvalue weighted by Crippen LogP contribution is 2.23. The van der Waals surface area contributed by atoms with Crippen LogP contribution in [0, 0.1) is 0 Å². The lowest BCUT2D eigenvalue weighted by Gasteiger charge is -2.22. The van der Waals surface area contributed by atoms with E-state index in [0.29, 0.717) is 23.3 Å². The number of rotatable bonds is 8. The van der Waals surface area contributed by atoms with E-state index in [1.54, 1.807) is 0 Å². The number of amides is 1. The Morgan fingerprint density at radius 1 is 1.10 bits per heavy atom. The smallest absolute Gasteiger partial charge is 0.408 e. The van der Waals surface area contributed by atoms with Crippen molar-refractivity contribution in [2.45, 2.75) is 44.1 Å². The van der Waals surface area contributed by atoms with Gasteiger partial charge < -0.3 is 14.5 Å². The van der Waals surface area contributed by atoms with Crippen molar-refractivity contribution in [3.63, 3.8) is 0 Å². The van der Waals surface area contributed by atoms with Gasteiger partial charge in [0.1, 0.15) is 11.6 Å². The molecule has 7 heteroatoms. The van der Waals surface area contributed by atoms with Crippen LogP contribution in [0.15, 0.2) is 76.4 Å². The summed E-state index contributed by atoms with van der Waals surface area (Å²) in [5.74, 6) is 1.04. The van der Waals surface area contributed by atoms with Crippen molar-refractivity contribution < 1.29 is 13.9 Å². The minimum Gasteiger partial charge on any atom is -0.444 e. The fourth-order valence-electron chi connectivity index (χ4n) is 2.79. The van der Waals surface area contributed by atoms with Gasteiger partial charge in [0.05, 0.1) is 0 Å². The number of ether oxygens (including phenoxy) is 1. The van der Waals surface area contributed by atoms with Gasteiger partial charge in [-0.15, -0.1) is 10.2 Å². The SMILES string of the molecule is CC(C)(C)OC(=O)N[C@H](Cc1ccccc1)c1nnc(SC/C=C/c2ccccc2)o1. The average Bonchev–Trinajstić information content (AvgIpc) is 3.20. The summed E-state index contributed by atoms with van der Waals surface area (Å²) in [4.78, 5) is 12.3. The number of benzene rings is 2. The largest absolute Gasteiger partial charge is 0.444 e. The second-order valence-corrected chi connectivity index (χ2v) is 8.89. The summed E-state index contributed by atoms with van der Waals surface area (Å²) in [5.41, 5.74) is 1.59. The minimum atomic E-state index is -0.595. The molecular weight excluding hydrogens is 410 g/mol. The van der Waals surface area contributed by atoms with Crippen LogP contribution in [0.2, 0.25) is 0 Å². The highest BCUT2D eigenvalue weighted by molar-refractivity contribution is 7.99. The Hall–Kier alpha value is -3.06. The van der Waals surface area contributed by atoms with Crippen LogP contribution in [0.5, 0.6) is 0 Å². The second kappa shape index (κ2) is 10.8. The van der Waals surface area contributed by atoms with Crippen molar-refractivity contribution >= 4 is 23.9 Å². The maximum atomic E-state index is 12.3. The Labute approximate surface area is 187 Å². The van der Waals surface area contributed by atoms with Gasteiger partial charge in [-0.3, -0.25) is 0 Å². The number of nitrogens with one attached hydrogen (secondary N) is 1. The van der Waals surface area contributed by atoms with Gasteiger partial charge in [0.2, 0.25) is 5.89 Å². The van der Waals surface area contributed by atoms with E-state index in [4.69, 9.17) is 9.15 Å². The molecule has 0 aliphatic rings. The van der Waals surface area contributed by atoms with E-state index in [2.05, 4.69) is 15.5 Å². The highest BCUT2D eigenvalue weighted by Gasteiger charge is 2.25. The molecule has 0 aliphatic heterocycles. The molecule has 2 aromatic carbocycles. The molecule has 3 aromatic rings. The van der Waals surface area contributed by atoms with Crippen LogP contribution >= 0.6 is 11.8 Å². The second-order valence-electron chi connectivity index (χ2n) is 7.92. The van der Waals surface area contributed by atoms with E-state index in [0.717, 1.165) is 11.1 Å². The predicted molar refractivity (Wildman–Crippen MR) is 123 cm³/mol. The zero-order valence-corrected chi connectivity index (χ0v) is 18.8. The quantitative estimate of drug-likeness (QED) is 0.457. The lowest BCUT2D eigenvalue weighted by atomic mass is 10.1. The first-order valence-electron chi connectivity index (χ1n) is 10.1. The summed E-state index contributed by atoms with van der Waals surface area (Å²) in [5, 5.41) is 11.6. The molecule has 3 rings (SSSR count). The first-order valence-corrected chi connectivity index (χ1v) is 11.1. The molecule has 0 saturated heterocycles. The monoisotopic (exact) mass is 437 g/mol. The maximum Gasteiger partial charge on any atom is 0.408 e. The maximum absolute atomic E-state index is 12.3. The Morgan fingerprint density at radius 2 is 1.77 bits per heavy atom. The van der Waals surface area contributed by atoms with Crippen molar-refractivity contribution in [1.29, 1.82) is 0 Å². The number of alkyl carbamates (subject to hydrolysis) is 1. The van der Waals surface area contributed by atoms with Crippen molar-refractivity contribution in [1.82, 2.24) is 15.5 Å². The van der Waals surface area contributed by atoms with Crippen LogP contribution in [0.1, 0.15) is 43.8 Å². The van der Waals surface area contributed by atoms with E-state index in [9.17, 15) is 4.79 Å². The fraction of sp³-hybridized carbons (Fsp3) is 0.292. The van der Waals surface area contributed by atoms with E-state index < -0.39 is 17.7 Å². The Bertz CT molecular complexity index is 982. The molecule has 0 fully saturated rings. The standard InChI is InChI=1S/C24H27N3O3S/c1-24(2,3)30-22(28)25-20(17-19-13-8-5-9-14-19)21-26-27-23(29-21)31-16-10-15-18-11-6-4-7-12-18/h4-15,20H,16-17H2,1-3H3,(H,25,28)/b15-10+/t20-/m1/s1. The molecule has 0 aliphatic carbocycles. The van der Waals surface area contributed by atoms with Crippen molar-refractivity contribution in [2.75, 3.05) is 5.75 Å². The number of carbonyl (C=O) groups excluding carboxylic acids is 1. The van der Waals surface area contributed by atoms with Crippen LogP contribution in [0.25, 0.3) is 6.08 Å². The molecule has 162 valence electrons. The molecule has 1 heterocycles. The summed E-state index contributed by atoms with van der Waals surface area (Å²) in [6.45, 7) is 5.47. The van der Waals surface area contributed by atoms with Crippen LogP contribution in [0.3, 0.4) is 0 Å². The normalized spacial score (nSPS) is 12.6. The average molecular weight is 438 g/mol. The van der Waals surface area contributed by atoms with Gasteiger partial charge in [0.25, 0.3) is 5.22 Å². The topological polar surface area (TPSA) is 77.2 Å². The molecule has 31 heavy (non-hydrogen) atoms. The van der Waals surface area contributed by atoms with Crippen LogP contribution in [-0.4, -0.2) is 27.6 Å². The van der Waals surface area contributed by atoms with Crippen molar-refractivity contribution in [3.8, 4) is 0 Å². The molecule has 1 amide bonds. The molecule has 0 bridgehead atoms. The van der Waals surface area contributed by atoms with Crippen molar-refractivity contribution in [2.24, 2.45) is 0 Å². The zero-order chi connectivity index (χ0) is 22.1. The number of hydrogen-bond donors (Lipinski definition) is 1. The fourth-order valence-corrected chi connectivity index (χ4v) is 3.36. The summed E-state index contributed by atoms with van der Waals surface area (Å²) in [7, 11) is 0. The molecule has 0 spiro atoms. The molecule has 6 nitrogen and oxygen atoms in total. The number of thioether (sulfide) groups is 1. The van der Waals surface area contributed by atoms with Gasteiger partial charge in [0.15, 0.2) is 0 Å². The highest BCUT2D eigenvalue weighted by atomic mass is 32.2. The summed E-state index contributed by atoms with van der Waals surface area (Å²) in [6.07, 6.45) is 4.09. The lowest BCUT2D eigenvalue weighted by Crippen LogP contribution is -2.36. The molecule has 0 radical (unpaired) electrons. The van der Waals surface area contributed by atoms with Gasteiger partial charge in [-0.1, -0.05) is 84.6 Å². The molecule has 1 atom stereocenters. The third kappa shape index (κ3) is 7.94. The van der Waals surface area contributed by atoms with Gasteiger partial charge >= 0.3 is 6.09 Å². The third-order valence-corrected chi connectivity index (χ3v) is 4.88. The van der Waals surface area contributed by atoms with Gasteiger partial charge in [-0.2, -0.15) is 0 Å². The Kier molecular flexibility index (Phi) is 7.89. The molecular formula is C24H27N3O3S. The van der Waals surface area contributed by atoms with E-state index >= 15 is 0 Å².